The molecule has 1 aromatic rings. The van der Waals surface area contributed by atoms with Crippen molar-refractivity contribution in [2.75, 3.05) is 13.1 Å². The number of aromatic nitrogens is 1. The average Bonchev–Trinajstić information content (AvgIpc) is 2.19. The van der Waals surface area contributed by atoms with Gasteiger partial charge in [0, 0.05) is 19.3 Å². The van der Waals surface area contributed by atoms with Crippen molar-refractivity contribution >= 4 is 33.4 Å². The van der Waals surface area contributed by atoms with Gasteiger partial charge < -0.3 is 4.90 Å². The van der Waals surface area contributed by atoms with Gasteiger partial charge in [-0.25, -0.2) is 4.98 Å². The smallest absolute Gasteiger partial charge is 0.273 e. The number of halogens is 2. The van der Waals surface area contributed by atoms with Crippen molar-refractivity contribution in [1.82, 2.24) is 9.88 Å². The first-order valence-corrected chi connectivity index (χ1v) is 5.87. The monoisotopic (exact) mass is 290 g/mol. The number of pyridine rings is 1. The van der Waals surface area contributed by atoms with Crippen molar-refractivity contribution in [2.45, 2.75) is 13.8 Å². The summed E-state index contributed by atoms with van der Waals surface area (Å²) in [7, 11) is 0. The molecule has 82 valence electrons. The third-order valence-electron chi connectivity index (χ3n) is 2.06. The molecule has 0 aromatic carbocycles. The predicted octanol–water partition coefficient (Wildman–Crippen LogP) is 2.98. The van der Waals surface area contributed by atoms with Gasteiger partial charge >= 0.3 is 0 Å². The first-order valence-electron chi connectivity index (χ1n) is 4.70. The Balaban J connectivity index is 3.00. The quantitative estimate of drug-likeness (QED) is 0.858. The van der Waals surface area contributed by atoms with Crippen LogP contribution in [0, 0.1) is 0 Å². The minimum atomic E-state index is -0.0801. The predicted molar refractivity (Wildman–Crippen MR) is 64.2 cm³/mol. The van der Waals surface area contributed by atoms with Crippen molar-refractivity contribution < 1.29 is 4.79 Å². The summed E-state index contributed by atoms with van der Waals surface area (Å²) in [5, 5.41) is 0.512. The summed E-state index contributed by atoms with van der Waals surface area (Å²) >= 11 is 9.03. The van der Waals surface area contributed by atoms with Crippen LogP contribution in [0.15, 0.2) is 16.7 Å². The molecule has 0 atom stereocenters. The second kappa shape index (κ2) is 5.47. The minimum absolute atomic E-state index is 0.0801. The van der Waals surface area contributed by atoms with E-state index in [4.69, 9.17) is 11.6 Å². The first kappa shape index (κ1) is 12.5. The highest BCUT2D eigenvalue weighted by molar-refractivity contribution is 9.10. The Morgan fingerprint density at radius 2 is 2.13 bits per heavy atom. The van der Waals surface area contributed by atoms with E-state index in [2.05, 4.69) is 20.9 Å². The highest BCUT2D eigenvalue weighted by Gasteiger charge is 2.16. The number of nitrogens with zero attached hydrogens (tertiary/aromatic N) is 2. The lowest BCUT2D eigenvalue weighted by Gasteiger charge is -2.18. The van der Waals surface area contributed by atoms with E-state index in [0.717, 1.165) is 0 Å². The van der Waals surface area contributed by atoms with E-state index < -0.39 is 0 Å². The van der Waals surface area contributed by atoms with Gasteiger partial charge in [0.25, 0.3) is 5.91 Å². The van der Waals surface area contributed by atoms with Crippen molar-refractivity contribution in [2.24, 2.45) is 0 Å². The second-order valence-corrected chi connectivity index (χ2v) is 4.25. The standard InChI is InChI=1S/C10H12BrClN2O/c1-3-14(4-2)10(15)9-8(11)5-7(12)6-13-9/h5-6H,3-4H2,1-2H3. The molecule has 0 fully saturated rings. The molecule has 0 N–H and O–H groups in total. The van der Waals surface area contributed by atoms with Crippen LogP contribution in [0.4, 0.5) is 0 Å². The van der Waals surface area contributed by atoms with E-state index >= 15 is 0 Å². The van der Waals surface area contributed by atoms with Crippen LogP contribution in [-0.4, -0.2) is 28.9 Å². The van der Waals surface area contributed by atoms with Crippen molar-refractivity contribution in [3.8, 4) is 0 Å². The molecule has 0 unspecified atom stereocenters. The van der Waals surface area contributed by atoms with Crippen LogP contribution in [0.5, 0.6) is 0 Å². The van der Waals surface area contributed by atoms with Crippen LogP contribution in [0.25, 0.3) is 0 Å². The summed E-state index contributed by atoms with van der Waals surface area (Å²) < 4.78 is 0.631. The maximum Gasteiger partial charge on any atom is 0.273 e. The third kappa shape index (κ3) is 2.92. The molecule has 1 heterocycles. The number of carbonyl (C=O) groups excluding carboxylic acids is 1. The SMILES string of the molecule is CCN(CC)C(=O)c1ncc(Cl)cc1Br. The molecule has 1 aromatic heterocycles. The molecule has 0 bridgehead atoms. The Hall–Kier alpha value is -0.610. The minimum Gasteiger partial charge on any atom is -0.338 e. The number of carbonyl (C=O) groups is 1. The molecular formula is C10H12BrClN2O. The Morgan fingerprint density at radius 1 is 1.53 bits per heavy atom. The zero-order chi connectivity index (χ0) is 11.4. The summed E-state index contributed by atoms with van der Waals surface area (Å²) in [4.78, 5) is 17.7. The second-order valence-electron chi connectivity index (χ2n) is 2.96. The Morgan fingerprint density at radius 3 is 2.60 bits per heavy atom. The molecule has 0 radical (unpaired) electrons. The molecule has 0 aliphatic heterocycles. The fourth-order valence-corrected chi connectivity index (χ4v) is 2.04. The summed E-state index contributed by atoms with van der Waals surface area (Å²) in [5.74, 6) is -0.0801. The van der Waals surface area contributed by atoms with Gasteiger partial charge in [0.15, 0.2) is 0 Å². The lowest BCUT2D eigenvalue weighted by Crippen LogP contribution is -2.31. The Labute approximate surface area is 103 Å². The molecule has 3 nitrogen and oxygen atoms in total. The highest BCUT2D eigenvalue weighted by Crippen LogP contribution is 2.20. The molecule has 0 aliphatic rings. The van der Waals surface area contributed by atoms with Gasteiger partial charge in [-0.1, -0.05) is 11.6 Å². The molecule has 15 heavy (non-hydrogen) atoms. The maximum atomic E-state index is 11.9. The lowest BCUT2D eigenvalue weighted by atomic mass is 10.3. The number of rotatable bonds is 3. The third-order valence-corrected chi connectivity index (χ3v) is 2.87. The van der Waals surface area contributed by atoms with E-state index in [1.165, 1.54) is 6.20 Å². The zero-order valence-corrected chi connectivity index (χ0v) is 11.0. The molecule has 0 spiro atoms. The Kier molecular flexibility index (Phi) is 4.54. The number of amides is 1. The molecule has 1 rings (SSSR count). The average molecular weight is 292 g/mol. The fourth-order valence-electron chi connectivity index (χ4n) is 1.23. The molecule has 5 heteroatoms. The van der Waals surface area contributed by atoms with Crippen LogP contribution in [0.2, 0.25) is 5.02 Å². The van der Waals surface area contributed by atoms with E-state index in [-0.39, 0.29) is 5.91 Å². The van der Waals surface area contributed by atoms with Gasteiger partial charge in [-0.15, -0.1) is 0 Å². The largest absolute Gasteiger partial charge is 0.338 e. The zero-order valence-electron chi connectivity index (χ0n) is 8.63. The van der Waals surface area contributed by atoms with Gasteiger partial charge in [-0.05, 0) is 35.8 Å². The molecule has 1 amide bonds. The first-order chi connectivity index (χ1) is 7.10. The fraction of sp³-hybridized carbons (Fsp3) is 0.400. The van der Waals surface area contributed by atoms with Crippen LogP contribution >= 0.6 is 27.5 Å². The van der Waals surface area contributed by atoms with E-state index in [1.54, 1.807) is 11.0 Å². The number of hydrogen-bond acceptors (Lipinski definition) is 2. The summed E-state index contributed by atoms with van der Waals surface area (Å²) in [6.07, 6.45) is 1.48. The van der Waals surface area contributed by atoms with Crippen LogP contribution < -0.4 is 0 Å². The lowest BCUT2D eigenvalue weighted by molar-refractivity contribution is 0.0766. The normalized spacial score (nSPS) is 10.1. The van der Waals surface area contributed by atoms with Gasteiger partial charge in [-0.3, -0.25) is 4.79 Å². The van der Waals surface area contributed by atoms with E-state index in [9.17, 15) is 4.79 Å². The van der Waals surface area contributed by atoms with Crippen molar-refractivity contribution in [3.05, 3.63) is 27.5 Å². The molecule has 0 saturated heterocycles. The summed E-state index contributed by atoms with van der Waals surface area (Å²) in [6.45, 7) is 5.22. The van der Waals surface area contributed by atoms with Crippen LogP contribution in [-0.2, 0) is 0 Å². The van der Waals surface area contributed by atoms with Gasteiger partial charge in [0.2, 0.25) is 0 Å². The maximum absolute atomic E-state index is 11.9. The molecule has 0 aliphatic carbocycles. The summed E-state index contributed by atoms with van der Waals surface area (Å²) in [6, 6.07) is 1.67. The van der Waals surface area contributed by atoms with Crippen molar-refractivity contribution in [1.29, 1.82) is 0 Å². The molecule has 0 saturated carbocycles. The van der Waals surface area contributed by atoms with Crippen LogP contribution in [0.1, 0.15) is 24.3 Å². The van der Waals surface area contributed by atoms with Crippen LogP contribution in [0.3, 0.4) is 0 Å². The Bertz CT molecular complexity index is 366. The van der Waals surface area contributed by atoms with E-state index in [0.29, 0.717) is 28.3 Å². The summed E-state index contributed by atoms with van der Waals surface area (Å²) in [5.41, 5.74) is 0.406. The topological polar surface area (TPSA) is 33.2 Å². The molecular weight excluding hydrogens is 279 g/mol. The van der Waals surface area contributed by atoms with Gasteiger partial charge in [0.1, 0.15) is 5.69 Å². The number of hydrogen-bond donors (Lipinski definition) is 0. The highest BCUT2D eigenvalue weighted by atomic mass is 79.9. The van der Waals surface area contributed by atoms with E-state index in [1.807, 2.05) is 13.8 Å². The van der Waals surface area contributed by atoms with Gasteiger partial charge in [-0.2, -0.15) is 0 Å². The van der Waals surface area contributed by atoms with Gasteiger partial charge in [0.05, 0.1) is 9.50 Å². The van der Waals surface area contributed by atoms with Crippen molar-refractivity contribution in [3.63, 3.8) is 0 Å².